The van der Waals surface area contributed by atoms with Gasteiger partial charge in [0.05, 0.1) is 6.61 Å². The number of esters is 1. The number of hydrogen-bond donors (Lipinski definition) is 2. The van der Waals surface area contributed by atoms with Crippen LogP contribution in [0.15, 0.2) is 54.0 Å². The van der Waals surface area contributed by atoms with Crippen LogP contribution in [0.3, 0.4) is 0 Å². The zero-order chi connectivity index (χ0) is 14.8. The number of hydrogen-bond acceptors (Lipinski definition) is 5. The van der Waals surface area contributed by atoms with E-state index in [-0.39, 0.29) is 13.0 Å². The summed E-state index contributed by atoms with van der Waals surface area (Å²) in [5.74, 6) is -1.32. The van der Waals surface area contributed by atoms with Gasteiger partial charge in [0.15, 0.2) is 11.9 Å². The van der Waals surface area contributed by atoms with Crippen molar-refractivity contribution in [3.8, 4) is 5.75 Å². The SMILES string of the molecule is O=C1OC(CCOc2cccc3ccccc23)C(O)=C1O. The number of fused-ring (bicyclic) bond motifs is 1. The molecule has 1 heterocycles. The largest absolute Gasteiger partial charge is 0.505 e. The van der Waals surface area contributed by atoms with Crippen molar-refractivity contribution >= 4 is 16.7 Å². The van der Waals surface area contributed by atoms with Crippen molar-refractivity contribution in [3.63, 3.8) is 0 Å². The molecule has 1 aliphatic rings. The average molecular weight is 286 g/mol. The highest BCUT2D eigenvalue weighted by atomic mass is 16.6. The Morgan fingerprint density at radius 1 is 1.10 bits per heavy atom. The lowest BCUT2D eigenvalue weighted by Gasteiger charge is -2.12. The molecule has 21 heavy (non-hydrogen) atoms. The number of benzene rings is 2. The molecule has 0 aromatic heterocycles. The van der Waals surface area contributed by atoms with Crippen molar-refractivity contribution in [2.24, 2.45) is 0 Å². The lowest BCUT2D eigenvalue weighted by atomic mass is 10.1. The van der Waals surface area contributed by atoms with Crippen LogP contribution in [0.2, 0.25) is 0 Å². The van der Waals surface area contributed by atoms with Crippen molar-refractivity contribution in [2.45, 2.75) is 12.5 Å². The lowest BCUT2D eigenvalue weighted by Crippen LogP contribution is -2.15. The quantitative estimate of drug-likeness (QED) is 0.845. The number of carbonyl (C=O) groups is 1. The van der Waals surface area contributed by atoms with Gasteiger partial charge >= 0.3 is 5.97 Å². The fourth-order valence-corrected chi connectivity index (χ4v) is 2.29. The average Bonchev–Trinajstić information content (AvgIpc) is 2.75. The van der Waals surface area contributed by atoms with E-state index in [1.165, 1.54) is 0 Å². The summed E-state index contributed by atoms with van der Waals surface area (Å²) < 4.78 is 10.5. The Bertz CT molecular complexity index is 714. The Morgan fingerprint density at radius 2 is 1.86 bits per heavy atom. The molecule has 2 N–H and O–H groups in total. The van der Waals surface area contributed by atoms with E-state index in [4.69, 9.17) is 9.47 Å². The van der Waals surface area contributed by atoms with Gasteiger partial charge in [-0.2, -0.15) is 0 Å². The Kier molecular flexibility index (Phi) is 3.39. The number of aliphatic hydroxyl groups is 2. The fraction of sp³-hybridized carbons (Fsp3) is 0.188. The highest BCUT2D eigenvalue weighted by Crippen LogP contribution is 2.26. The van der Waals surface area contributed by atoms with Crippen LogP contribution < -0.4 is 4.74 Å². The second kappa shape index (κ2) is 5.36. The zero-order valence-electron chi connectivity index (χ0n) is 11.2. The first-order valence-electron chi connectivity index (χ1n) is 6.60. The van der Waals surface area contributed by atoms with Gasteiger partial charge in [-0.15, -0.1) is 0 Å². The highest BCUT2D eigenvalue weighted by Gasteiger charge is 2.34. The van der Waals surface area contributed by atoms with Gasteiger partial charge in [-0.3, -0.25) is 0 Å². The minimum absolute atomic E-state index is 0.253. The standard InChI is InChI=1S/C16H14O5/c17-14-13(21-16(19)15(14)18)8-9-20-12-7-3-5-10-4-1-2-6-11(10)12/h1-7,13,17-18H,8-9H2. The van der Waals surface area contributed by atoms with Crippen LogP contribution in [0, 0.1) is 0 Å². The smallest absolute Gasteiger partial charge is 0.377 e. The van der Waals surface area contributed by atoms with Crippen LogP contribution in [0.25, 0.3) is 10.8 Å². The first kappa shape index (κ1) is 13.3. The number of aliphatic hydroxyl groups excluding tert-OH is 2. The van der Waals surface area contributed by atoms with Crippen molar-refractivity contribution in [3.05, 3.63) is 54.0 Å². The fourth-order valence-electron chi connectivity index (χ4n) is 2.29. The molecule has 3 rings (SSSR count). The molecular weight excluding hydrogens is 272 g/mol. The molecule has 2 aromatic rings. The number of carbonyl (C=O) groups excluding carboxylic acids is 1. The second-order valence-corrected chi connectivity index (χ2v) is 4.74. The van der Waals surface area contributed by atoms with E-state index in [0.717, 1.165) is 16.5 Å². The maximum atomic E-state index is 11.1. The molecule has 5 heteroatoms. The molecule has 0 bridgehead atoms. The zero-order valence-corrected chi connectivity index (χ0v) is 11.2. The summed E-state index contributed by atoms with van der Waals surface area (Å²) in [6, 6.07) is 13.6. The molecule has 108 valence electrons. The van der Waals surface area contributed by atoms with Crippen molar-refractivity contribution in [1.82, 2.24) is 0 Å². The molecule has 0 spiro atoms. The Labute approximate surface area is 121 Å². The van der Waals surface area contributed by atoms with Crippen molar-refractivity contribution < 1.29 is 24.5 Å². The van der Waals surface area contributed by atoms with Gasteiger partial charge in [0.25, 0.3) is 0 Å². The molecule has 0 saturated carbocycles. The first-order chi connectivity index (χ1) is 10.2. The molecular formula is C16H14O5. The summed E-state index contributed by atoms with van der Waals surface area (Å²) in [4.78, 5) is 11.1. The van der Waals surface area contributed by atoms with E-state index in [9.17, 15) is 15.0 Å². The highest BCUT2D eigenvalue weighted by molar-refractivity contribution is 5.89. The van der Waals surface area contributed by atoms with E-state index in [0.29, 0.717) is 0 Å². The van der Waals surface area contributed by atoms with Crippen LogP contribution in [-0.2, 0) is 9.53 Å². The minimum Gasteiger partial charge on any atom is -0.505 e. The van der Waals surface area contributed by atoms with Crippen molar-refractivity contribution in [1.29, 1.82) is 0 Å². The minimum atomic E-state index is -0.900. The van der Waals surface area contributed by atoms with E-state index in [2.05, 4.69) is 0 Å². The lowest BCUT2D eigenvalue weighted by molar-refractivity contribution is -0.142. The van der Waals surface area contributed by atoms with Gasteiger partial charge in [-0.1, -0.05) is 36.4 Å². The first-order valence-corrected chi connectivity index (χ1v) is 6.60. The maximum absolute atomic E-state index is 11.1. The number of cyclic esters (lactones) is 1. The predicted octanol–water partition coefficient (Wildman–Crippen LogP) is 2.86. The van der Waals surface area contributed by atoms with Crippen LogP contribution >= 0.6 is 0 Å². The summed E-state index contributed by atoms with van der Waals surface area (Å²) in [6.07, 6.45) is -0.572. The molecule has 0 amide bonds. The third-order valence-electron chi connectivity index (χ3n) is 3.38. The van der Waals surface area contributed by atoms with E-state index < -0.39 is 23.6 Å². The molecule has 2 aromatic carbocycles. The van der Waals surface area contributed by atoms with Crippen LogP contribution in [0.1, 0.15) is 6.42 Å². The molecule has 1 unspecified atom stereocenters. The van der Waals surface area contributed by atoms with E-state index in [1.54, 1.807) is 0 Å². The Balaban J connectivity index is 1.67. The molecule has 0 saturated heterocycles. The van der Waals surface area contributed by atoms with Gasteiger partial charge in [0.1, 0.15) is 5.75 Å². The maximum Gasteiger partial charge on any atom is 0.377 e. The van der Waals surface area contributed by atoms with Crippen LogP contribution in [0.5, 0.6) is 5.75 Å². The number of rotatable bonds is 4. The summed E-state index contributed by atoms with van der Waals surface area (Å²) in [5.41, 5.74) is 0. The Morgan fingerprint density at radius 3 is 2.62 bits per heavy atom. The summed E-state index contributed by atoms with van der Waals surface area (Å²) in [5, 5.41) is 20.8. The molecule has 0 aliphatic carbocycles. The van der Waals surface area contributed by atoms with Gasteiger partial charge in [-0.05, 0) is 11.5 Å². The van der Waals surface area contributed by atoms with E-state index >= 15 is 0 Å². The molecule has 1 atom stereocenters. The van der Waals surface area contributed by atoms with Gasteiger partial charge in [0, 0.05) is 11.8 Å². The van der Waals surface area contributed by atoms with Gasteiger partial charge in [-0.25, -0.2) is 4.79 Å². The normalized spacial score (nSPS) is 18.1. The number of ether oxygens (including phenoxy) is 2. The summed E-state index contributed by atoms with van der Waals surface area (Å²) >= 11 is 0. The van der Waals surface area contributed by atoms with E-state index in [1.807, 2.05) is 42.5 Å². The second-order valence-electron chi connectivity index (χ2n) is 4.74. The molecule has 0 radical (unpaired) electrons. The molecule has 1 aliphatic heterocycles. The topological polar surface area (TPSA) is 76.0 Å². The van der Waals surface area contributed by atoms with Crippen LogP contribution in [-0.4, -0.2) is 28.9 Å². The van der Waals surface area contributed by atoms with Crippen LogP contribution in [0.4, 0.5) is 0 Å². The monoisotopic (exact) mass is 286 g/mol. The Hall–Kier alpha value is -2.69. The third-order valence-corrected chi connectivity index (χ3v) is 3.38. The van der Waals surface area contributed by atoms with Gasteiger partial charge < -0.3 is 19.7 Å². The predicted molar refractivity (Wildman–Crippen MR) is 76.2 cm³/mol. The molecule has 5 nitrogen and oxygen atoms in total. The summed E-state index contributed by atoms with van der Waals surface area (Å²) in [7, 11) is 0. The summed E-state index contributed by atoms with van der Waals surface area (Å²) in [6.45, 7) is 0.253. The van der Waals surface area contributed by atoms with Crippen molar-refractivity contribution in [2.75, 3.05) is 6.61 Å². The third kappa shape index (κ3) is 2.50. The van der Waals surface area contributed by atoms with Gasteiger partial charge in [0.2, 0.25) is 5.76 Å². The molecule has 0 fully saturated rings.